The zero-order chi connectivity index (χ0) is 19.9. The summed E-state index contributed by atoms with van der Waals surface area (Å²) in [5, 5.41) is 9.05. The van der Waals surface area contributed by atoms with Gasteiger partial charge in [-0.25, -0.2) is 9.97 Å². The number of hydrogen-bond donors (Lipinski definition) is 3. The molecule has 0 aliphatic heterocycles. The van der Waals surface area contributed by atoms with Crippen LogP contribution in [-0.2, 0) is 4.79 Å². The van der Waals surface area contributed by atoms with E-state index in [9.17, 15) is 9.59 Å². The third-order valence-electron chi connectivity index (χ3n) is 4.72. The minimum atomic E-state index is -0.160. The summed E-state index contributed by atoms with van der Waals surface area (Å²) in [5.74, 6) is 0.771. The van der Waals surface area contributed by atoms with Gasteiger partial charge in [-0.3, -0.25) is 9.59 Å². The number of benzene rings is 1. The van der Waals surface area contributed by atoms with Gasteiger partial charge in [-0.2, -0.15) is 0 Å². The largest absolute Gasteiger partial charge is 0.348 e. The van der Waals surface area contributed by atoms with Crippen LogP contribution >= 0.6 is 0 Å². The Hall–Kier alpha value is -2.96. The summed E-state index contributed by atoms with van der Waals surface area (Å²) in [6.45, 7) is 3.23. The quantitative estimate of drug-likeness (QED) is 0.682. The fourth-order valence-corrected chi connectivity index (χ4v) is 3.46. The fraction of sp³-hybridized carbons (Fsp3) is 0.429. The fourth-order valence-electron chi connectivity index (χ4n) is 3.46. The minimum absolute atomic E-state index is 0.132. The van der Waals surface area contributed by atoms with Crippen LogP contribution in [0.15, 0.2) is 30.3 Å². The highest BCUT2D eigenvalue weighted by Gasteiger charge is 2.17. The van der Waals surface area contributed by atoms with E-state index in [2.05, 4.69) is 25.9 Å². The zero-order valence-corrected chi connectivity index (χ0v) is 16.4. The summed E-state index contributed by atoms with van der Waals surface area (Å²) in [7, 11) is 0. The Morgan fingerprint density at radius 3 is 2.43 bits per heavy atom. The molecule has 1 heterocycles. The van der Waals surface area contributed by atoms with Gasteiger partial charge < -0.3 is 16.0 Å². The number of carbonyl (C=O) groups excluding carboxylic acids is 2. The number of aryl methyl sites for hydroxylation is 1. The molecule has 2 aromatic rings. The lowest BCUT2D eigenvalue weighted by atomic mass is 10.1. The number of aromatic nitrogens is 2. The monoisotopic (exact) mass is 381 g/mol. The molecule has 1 aromatic carbocycles. The molecule has 1 aliphatic rings. The molecule has 1 aromatic heterocycles. The van der Waals surface area contributed by atoms with Crippen molar-refractivity contribution in [1.82, 2.24) is 15.3 Å². The third-order valence-corrected chi connectivity index (χ3v) is 4.72. The first-order chi connectivity index (χ1) is 13.5. The van der Waals surface area contributed by atoms with Crippen LogP contribution in [0.3, 0.4) is 0 Å². The van der Waals surface area contributed by atoms with Crippen molar-refractivity contribution in [3.8, 4) is 0 Å². The van der Waals surface area contributed by atoms with Crippen LogP contribution in [0.1, 0.15) is 61.8 Å². The van der Waals surface area contributed by atoms with Crippen LogP contribution in [0.5, 0.6) is 0 Å². The Labute approximate surface area is 165 Å². The highest BCUT2D eigenvalue weighted by atomic mass is 16.2. The lowest BCUT2D eigenvalue weighted by Gasteiger charge is -2.16. The Bertz CT molecular complexity index is 844. The number of carbonyl (C=O) groups is 2. The second-order valence-corrected chi connectivity index (χ2v) is 7.23. The summed E-state index contributed by atoms with van der Waals surface area (Å²) in [4.78, 5) is 32.6. The van der Waals surface area contributed by atoms with E-state index in [0.717, 1.165) is 31.4 Å². The second-order valence-electron chi connectivity index (χ2n) is 7.23. The molecule has 2 amide bonds. The Balaban J connectivity index is 1.72. The van der Waals surface area contributed by atoms with E-state index < -0.39 is 0 Å². The molecule has 3 rings (SSSR count). The number of nitrogens with zero attached hydrogens (tertiary/aromatic N) is 2. The lowest BCUT2D eigenvalue weighted by Crippen LogP contribution is -2.35. The average Bonchev–Trinajstić information content (AvgIpc) is 2.89. The molecule has 0 bridgehead atoms. The number of rotatable bonds is 5. The topological polar surface area (TPSA) is 96.0 Å². The first-order valence-electron chi connectivity index (χ1n) is 9.81. The summed E-state index contributed by atoms with van der Waals surface area (Å²) in [6.07, 6.45) is 6.85. The lowest BCUT2D eigenvalue weighted by molar-refractivity contribution is -0.114. The van der Waals surface area contributed by atoms with Crippen molar-refractivity contribution in [2.75, 3.05) is 10.6 Å². The van der Waals surface area contributed by atoms with Gasteiger partial charge in [-0.1, -0.05) is 31.7 Å². The minimum Gasteiger partial charge on any atom is -0.348 e. The molecule has 0 saturated heterocycles. The molecule has 1 aliphatic carbocycles. The van der Waals surface area contributed by atoms with Gasteiger partial charge in [0.1, 0.15) is 17.3 Å². The highest BCUT2D eigenvalue weighted by Crippen LogP contribution is 2.21. The molecule has 1 saturated carbocycles. The van der Waals surface area contributed by atoms with Gasteiger partial charge in [0.25, 0.3) is 5.91 Å². The second kappa shape index (κ2) is 9.30. The predicted octanol–water partition coefficient (Wildman–Crippen LogP) is 3.94. The maximum Gasteiger partial charge on any atom is 0.270 e. The predicted molar refractivity (Wildman–Crippen MR) is 110 cm³/mol. The first kappa shape index (κ1) is 19.8. The van der Waals surface area contributed by atoms with E-state index in [-0.39, 0.29) is 17.9 Å². The van der Waals surface area contributed by atoms with E-state index in [1.54, 1.807) is 13.0 Å². The smallest absolute Gasteiger partial charge is 0.270 e. The number of nitrogens with one attached hydrogen (secondary N) is 3. The third kappa shape index (κ3) is 5.77. The number of hydrogen-bond acceptors (Lipinski definition) is 5. The molecule has 7 heteroatoms. The van der Waals surface area contributed by atoms with Crippen molar-refractivity contribution in [1.29, 1.82) is 0 Å². The average molecular weight is 381 g/mol. The van der Waals surface area contributed by atoms with Crippen molar-refractivity contribution in [3.05, 3.63) is 41.9 Å². The van der Waals surface area contributed by atoms with E-state index >= 15 is 0 Å². The normalized spacial score (nSPS) is 14.8. The van der Waals surface area contributed by atoms with Crippen LogP contribution < -0.4 is 16.0 Å². The summed E-state index contributed by atoms with van der Waals surface area (Å²) in [6, 6.07) is 9.20. The van der Waals surface area contributed by atoms with E-state index in [0.29, 0.717) is 23.0 Å². The molecule has 0 unspecified atom stereocenters. The van der Waals surface area contributed by atoms with Crippen LogP contribution in [0.4, 0.5) is 17.2 Å². The molecule has 0 spiro atoms. The van der Waals surface area contributed by atoms with Crippen LogP contribution in [-0.4, -0.2) is 27.8 Å². The van der Waals surface area contributed by atoms with E-state index in [1.165, 1.54) is 19.8 Å². The highest BCUT2D eigenvalue weighted by molar-refractivity contribution is 5.93. The van der Waals surface area contributed by atoms with Gasteiger partial charge in [-0.05, 0) is 38.0 Å². The van der Waals surface area contributed by atoms with Gasteiger partial charge in [0.2, 0.25) is 5.91 Å². The standard InChI is InChI=1S/C21H27N5O2/c1-14-22-19(21(28)26-16-8-5-3-4-6-9-16)13-20(23-14)25-18-11-7-10-17(12-18)24-15(2)27/h7,10-13,16H,3-6,8-9H2,1-2H3,(H,24,27)(H,26,28)(H,22,23,25). The molecule has 148 valence electrons. The van der Waals surface area contributed by atoms with Crippen LogP contribution in [0.2, 0.25) is 0 Å². The van der Waals surface area contributed by atoms with Crippen molar-refractivity contribution < 1.29 is 9.59 Å². The number of amides is 2. The van der Waals surface area contributed by atoms with Crippen LogP contribution in [0, 0.1) is 6.92 Å². The van der Waals surface area contributed by atoms with Crippen molar-refractivity contribution in [2.45, 2.75) is 58.4 Å². The Morgan fingerprint density at radius 1 is 1.00 bits per heavy atom. The van der Waals surface area contributed by atoms with Crippen molar-refractivity contribution >= 4 is 29.0 Å². The van der Waals surface area contributed by atoms with E-state index in [4.69, 9.17) is 0 Å². The van der Waals surface area contributed by atoms with Gasteiger partial charge in [-0.15, -0.1) is 0 Å². The first-order valence-corrected chi connectivity index (χ1v) is 9.81. The van der Waals surface area contributed by atoms with Crippen molar-refractivity contribution in [2.24, 2.45) is 0 Å². The molecule has 28 heavy (non-hydrogen) atoms. The van der Waals surface area contributed by atoms with Gasteiger partial charge in [0, 0.05) is 30.4 Å². The molecule has 0 atom stereocenters. The maximum atomic E-state index is 12.7. The van der Waals surface area contributed by atoms with Crippen LogP contribution in [0.25, 0.3) is 0 Å². The maximum absolute atomic E-state index is 12.7. The van der Waals surface area contributed by atoms with Gasteiger partial charge >= 0.3 is 0 Å². The van der Waals surface area contributed by atoms with Gasteiger partial charge in [0.15, 0.2) is 0 Å². The molecule has 3 N–H and O–H groups in total. The summed E-state index contributed by atoms with van der Waals surface area (Å²) < 4.78 is 0. The number of anilines is 3. The summed E-state index contributed by atoms with van der Waals surface area (Å²) >= 11 is 0. The molecular weight excluding hydrogens is 354 g/mol. The van der Waals surface area contributed by atoms with Crippen molar-refractivity contribution in [3.63, 3.8) is 0 Å². The summed E-state index contributed by atoms with van der Waals surface area (Å²) in [5.41, 5.74) is 1.81. The molecular formula is C21H27N5O2. The Morgan fingerprint density at radius 2 is 1.71 bits per heavy atom. The zero-order valence-electron chi connectivity index (χ0n) is 16.4. The molecule has 7 nitrogen and oxygen atoms in total. The molecule has 0 radical (unpaired) electrons. The van der Waals surface area contributed by atoms with E-state index in [1.807, 2.05) is 24.3 Å². The Kier molecular flexibility index (Phi) is 6.57. The SMILES string of the molecule is CC(=O)Nc1cccc(Nc2cc(C(=O)NC3CCCCCC3)nc(C)n2)c1. The van der Waals surface area contributed by atoms with Gasteiger partial charge in [0.05, 0.1) is 0 Å². The molecule has 1 fully saturated rings.